The minimum Gasteiger partial charge on any atom is -0.309 e. The summed E-state index contributed by atoms with van der Waals surface area (Å²) in [6.07, 6.45) is 0. The van der Waals surface area contributed by atoms with Gasteiger partial charge in [-0.2, -0.15) is 0 Å². The molecule has 3 aliphatic rings. The molecule has 0 saturated heterocycles. The summed E-state index contributed by atoms with van der Waals surface area (Å²) in [4.78, 5) is 0. The summed E-state index contributed by atoms with van der Waals surface area (Å²) in [6, 6.07) is 153. The normalized spacial score (nSPS) is 13.5. The van der Waals surface area contributed by atoms with E-state index in [9.17, 15) is 0 Å². The topological polar surface area (TPSA) is 19.7 Å². The number of aromatic nitrogens is 4. The largest absolute Gasteiger partial charge is 0.309 e. The van der Waals surface area contributed by atoms with Crippen LogP contribution in [-0.2, 0) is 0 Å². The van der Waals surface area contributed by atoms with E-state index in [1.165, 1.54) is 201 Å². The minimum absolute atomic E-state index is 1.13. The number of nitrogens with zero attached hydrogens (tertiary/aromatic N) is 4. The monoisotopic (exact) mass is 1450 g/mol. The Kier molecular flexibility index (Phi) is 12.8. The average Bonchev–Trinajstić information content (AvgIpc) is 1.50. The highest BCUT2D eigenvalue weighted by Crippen LogP contribution is 2.45. The summed E-state index contributed by atoms with van der Waals surface area (Å²) in [6.45, 7) is 0. The molecule has 0 saturated carbocycles. The van der Waals surface area contributed by atoms with E-state index in [-0.39, 0.29) is 0 Å². The van der Waals surface area contributed by atoms with Gasteiger partial charge in [0.05, 0.1) is 44.1 Å². The van der Waals surface area contributed by atoms with Gasteiger partial charge < -0.3 is 18.3 Å². The third-order valence-electron chi connectivity index (χ3n) is 25.6. The zero-order chi connectivity index (χ0) is 73.1. The lowest BCUT2D eigenvalue weighted by Gasteiger charge is -2.32. The van der Waals surface area contributed by atoms with Crippen molar-refractivity contribution < 1.29 is 0 Å². The summed E-state index contributed by atoms with van der Waals surface area (Å²) in [5.41, 5.74) is 27.1. The Morgan fingerprint density at radius 3 is 1.04 bits per heavy atom. The van der Waals surface area contributed by atoms with E-state index < -0.39 is 16.1 Å². The van der Waals surface area contributed by atoms with E-state index >= 15 is 0 Å². The molecule has 518 valence electrons. The molecule has 6 heteroatoms. The molecule has 0 fully saturated rings. The molecule has 0 aliphatic carbocycles. The van der Waals surface area contributed by atoms with Gasteiger partial charge in [-0.25, -0.2) is 0 Å². The maximum absolute atomic E-state index is 2.99. The number of benzene rings is 18. The second-order valence-corrected chi connectivity index (χ2v) is 38.3. The van der Waals surface area contributed by atoms with Crippen molar-refractivity contribution >= 4 is 156 Å². The second-order valence-electron chi connectivity index (χ2n) is 30.9. The fourth-order valence-electron chi connectivity index (χ4n) is 21.1. The molecule has 0 atom stereocenters. The van der Waals surface area contributed by atoms with Gasteiger partial charge in [0, 0.05) is 65.8 Å². The standard InChI is InChI=1S/C106H66N4Si2/c1-2-25-72(26-3-1)107-92-37-14-6-29-79(92)88-63-70(47-56-95(88)107)71-48-57-96-89(64-71)80-30-7-15-38-93(80)108(96)73-49-53-76(54-50-73)111(100-40-17-9-32-82(100)83-33-10-18-41-101(83)111)77-27-22-24-68(61-77)69-46-58-97-90(62-69)81-31-8-16-39-94(81)109(97)74-52-60-98-91(65-74)106-78-28-5-4-23-67(78)45-59-99(106)110(98)75-51-55-87-86-36-13-21-44-104(86)112(105(87)66-75)102-42-19-11-34-84(102)85-35-12-20-43-103(85)112/h1-66H. The van der Waals surface area contributed by atoms with Crippen molar-refractivity contribution in [3.63, 3.8) is 0 Å². The SMILES string of the molecule is c1ccc(-n2c3ccccc3c3cc(-c4ccc5c(c4)c4ccccc4n5-c4ccc([Si]5(c6cccc(-c7ccc8c(c7)c7ccccc7n8-c7ccc8c(c7)c7c9ccccc9ccc7n8-c7ccc8c(c7)[Si]7(c9ccccc9-c9ccccc97)c7ccccc7-8)c6)c6ccccc6-c6ccccc65)cc4)ccc32)cc1. The molecule has 4 aromatic heterocycles. The second kappa shape index (κ2) is 23.2. The number of hydrogen-bond acceptors (Lipinski definition) is 0. The molecule has 18 aromatic carbocycles. The molecule has 3 aliphatic heterocycles. The molecule has 25 rings (SSSR count). The zero-order valence-corrected chi connectivity index (χ0v) is 62.9. The first-order valence-electron chi connectivity index (χ1n) is 39.0. The van der Waals surface area contributed by atoms with E-state index in [0.717, 1.165) is 17.1 Å². The molecule has 112 heavy (non-hydrogen) atoms. The van der Waals surface area contributed by atoms with Crippen LogP contribution in [0.2, 0.25) is 0 Å². The lowest BCUT2D eigenvalue weighted by Crippen LogP contribution is -2.72. The van der Waals surface area contributed by atoms with Crippen LogP contribution < -0.4 is 41.5 Å². The number of hydrogen-bond donors (Lipinski definition) is 0. The smallest absolute Gasteiger partial charge is 0.182 e. The van der Waals surface area contributed by atoms with Crippen LogP contribution in [0.1, 0.15) is 0 Å². The van der Waals surface area contributed by atoms with Crippen molar-refractivity contribution in [2.24, 2.45) is 0 Å². The molecule has 7 heterocycles. The fraction of sp³-hybridized carbons (Fsp3) is 0. The summed E-state index contributed by atoms with van der Waals surface area (Å²) in [5, 5.41) is 23.9. The van der Waals surface area contributed by atoms with Gasteiger partial charge in [0.2, 0.25) is 0 Å². The van der Waals surface area contributed by atoms with E-state index in [2.05, 4.69) is 419 Å². The highest BCUT2D eigenvalue weighted by molar-refractivity contribution is 7.24. The molecule has 22 aromatic rings. The average molecular weight is 1450 g/mol. The maximum Gasteiger partial charge on any atom is 0.182 e. The van der Waals surface area contributed by atoms with E-state index in [1.807, 2.05) is 0 Å². The summed E-state index contributed by atoms with van der Waals surface area (Å²) in [5.74, 6) is 0. The molecule has 0 unspecified atom stereocenters. The Balaban J connectivity index is 0.610. The van der Waals surface area contributed by atoms with Crippen LogP contribution in [0.25, 0.3) is 176 Å². The van der Waals surface area contributed by atoms with Crippen molar-refractivity contribution in [2.45, 2.75) is 0 Å². The zero-order valence-electron chi connectivity index (χ0n) is 60.9. The van der Waals surface area contributed by atoms with Gasteiger partial charge in [0.25, 0.3) is 0 Å². The summed E-state index contributed by atoms with van der Waals surface area (Å²) in [7, 11) is -5.70. The van der Waals surface area contributed by atoms with Crippen LogP contribution in [0.3, 0.4) is 0 Å². The molecule has 1 spiro atoms. The fourth-order valence-corrected chi connectivity index (χ4v) is 31.9. The molecule has 0 N–H and O–H groups in total. The van der Waals surface area contributed by atoms with Gasteiger partial charge in [-0.05, 0) is 223 Å². The first-order chi connectivity index (χ1) is 55.6. The quantitative estimate of drug-likeness (QED) is 0.135. The van der Waals surface area contributed by atoms with E-state index in [1.54, 1.807) is 0 Å². The number of fused-ring (bicyclic) bond motifs is 27. The molecule has 4 nitrogen and oxygen atoms in total. The predicted octanol–water partition coefficient (Wildman–Crippen LogP) is 21.3. The van der Waals surface area contributed by atoms with Crippen LogP contribution >= 0.6 is 0 Å². The molecule has 0 amide bonds. The lowest BCUT2D eigenvalue weighted by atomic mass is 10.0. The number of rotatable bonds is 8. The van der Waals surface area contributed by atoms with Crippen LogP contribution in [0.4, 0.5) is 0 Å². The van der Waals surface area contributed by atoms with Crippen molar-refractivity contribution in [3.8, 4) is 78.4 Å². The first-order valence-corrected chi connectivity index (χ1v) is 43.0. The van der Waals surface area contributed by atoms with Gasteiger partial charge in [-0.3, -0.25) is 0 Å². The Morgan fingerprint density at radius 1 is 0.161 bits per heavy atom. The summed E-state index contributed by atoms with van der Waals surface area (Å²) < 4.78 is 9.94. The summed E-state index contributed by atoms with van der Waals surface area (Å²) >= 11 is 0. The van der Waals surface area contributed by atoms with Crippen molar-refractivity contribution in [1.29, 1.82) is 0 Å². The maximum atomic E-state index is 2.59. The third-order valence-corrected chi connectivity index (χ3v) is 35.5. The van der Waals surface area contributed by atoms with Gasteiger partial charge in [-0.15, -0.1) is 0 Å². The van der Waals surface area contributed by atoms with E-state index in [0.29, 0.717) is 0 Å². The molecular weight excluding hydrogens is 1390 g/mol. The Morgan fingerprint density at radius 2 is 0.518 bits per heavy atom. The first kappa shape index (κ1) is 61.8. The highest BCUT2D eigenvalue weighted by Gasteiger charge is 2.54. The highest BCUT2D eigenvalue weighted by atomic mass is 28.3. The van der Waals surface area contributed by atoms with Crippen LogP contribution in [0, 0.1) is 0 Å². The van der Waals surface area contributed by atoms with Gasteiger partial charge in [-0.1, -0.05) is 285 Å². The predicted molar refractivity (Wildman–Crippen MR) is 476 cm³/mol. The van der Waals surface area contributed by atoms with Crippen LogP contribution in [-0.4, -0.2) is 34.4 Å². The van der Waals surface area contributed by atoms with Crippen LogP contribution in [0.5, 0.6) is 0 Å². The lowest BCUT2D eigenvalue weighted by molar-refractivity contribution is 1.17. The van der Waals surface area contributed by atoms with Crippen molar-refractivity contribution in [3.05, 3.63) is 400 Å². The Labute approximate surface area is 648 Å². The number of para-hydroxylation sites is 4. The van der Waals surface area contributed by atoms with Crippen molar-refractivity contribution in [1.82, 2.24) is 18.3 Å². The third kappa shape index (κ3) is 8.27. The Hall–Kier alpha value is -14.1. The Bertz CT molecular complexity index is 7730. The van der Waals surface area contributed by atoms with Crippen molar-refractivity contribution in [2.75, 3.05) is 0 Å². The van der Waals surface area contributed by atoms with Gasteiger partial charge in [0.1, 0.15) is 0 Å². The molecular formula is C106H66N4Si2. The van der Waals surface area contributed by atoms with Gasteiger partial charge in [0.15, 0.2) is 16.1 Å². The minimum atomic E-state index is -2.99. The van der Waals surface area contributed by atoms with Gasteiger partial charge >= 0.3 is 0 Å². The molecule has 0 bridgehead atoms. The van der Waals surface area contributed by atoms with Crippen LogP contribution in [0.15, 0.2) is 400 Å². The molecule has 0 radical (unpaired) electrons. The van der Waals surface area contributed by atoms with E-state index in [4.69, 9.17) is 0 Å².